The van der Waals surface area contributed by atoms with Gasteiger partial charge < -0.3 is 16.2 Å². The van der Waals surface area contributed by atoms with E-state index < -0.39 is 0 Å². The maximum absolute atomic E-state index is 5.74. The summed E-state index contributed by atoms with van der Waals surface area (Å²) in [6, 6.07) is 13.0. The molecule has 3 aromatic rings. The predicted molar refractivity (Wildman–Crippen MR) is 75.0 cm³/mol. The number of nitrogens with zero attached hydrogens (tertiary/aromatic N) is 1. The highest BCUT2D eigenvalue weighted by atomic mass is 32.1. The van der Waals surface area contributed by atoms with Crippen molar-refractivity contribution >= 4 is 33.1 Å². The number of hydrogen-bond donors (Lipinski definition) is 2. The van der Waals surface area contributed by atoms with Crippen molar-refractivity contribution in [3.8, 4) is 11.5 Å². The van der Waals surface area contributed by atoms with Gasteiger partial charge in [0.2, 0.25) is 0 Å². The second kappa shape index (κ2) is 4.19. The maximum atomic E-state index is 5.74. The van der Waals surface area contributed by atoms with Gasteiger partial charge in [0.15, 0.2) is 0 Å². The Kier molecular flexibility index (Phi) is 2.53. The standard InChI is InChI=1S/C13H11N3OS/c14-8-1-3-9(4-2-8)17-10-5-6-11-12(7-10)18-16-13(11)15/h1-7H,14H2,(H2,15,16). The Morgan fingerprint density at radius 2 is 1.67 bits per heavy atom. The minimum absolute atomic E-state index is 0.564. The number of anilines is 2. The molecule has 0 amide bonds. The second-order valence-corrected chi connectivity index (χ2v) is 4.70. The highest BCUT2D eigenvalue weighted by Crippen LogP contribution is 2.30. The molecule has 4 nitrogen and oxygen atoms in total. The summed E-state index contributed by atoms with van der Waals surface area (Å²) in [5.41, 5.74) is 12.1. The van der Waals surface area contributed by atoms with Crippen molar-refractivity contribution in [3.05, 3.63) is 42.5 Å². The lowest BCUT2D eigenvalue weighted by atomic mass is 10.2. The molecule has 0 saturated heterocycles. The van der Waals surface area contributed by atoms with Gasteiger partial charge in [-0.15, -0.1) is 0 Å². The van der Waals surface area contributed by atoms with Gasteiger partial charge in [-0.25, -0.2) is 0 Å². The van der Waals surface area contributed by atoms with E-state index in [1.165, 1.54) is 11.5 Å². The number of nitrogen functional groups attached to an aromatic ring is 2. The first-order valence-corrected chi connectivity index (χ1v) is 6.18. The normalized spacial score (nSPS) is 10.7. The van der Waals surface area contributed by atoms with Crippen LogP contribution in [0.1, 0.15) is 0 Å². The molecule has 0 unspecified atom stereocenters. The van der Waals surface area contributed by atoms with Gasteiger partial charge in [-0.3, -0.25) is 0 Å². The highest BCUT2D eigenvalue weighted by Gasteiger charge is 2.04. The molecule has 0 saturated carbocycles. The Labute approximate surface area is 108 Å². The quantitative estimate of drug-likeness (QED) is 0.691. The third-order valence-electron chi connectivity index (χ3n) is 2.59. The maximum Gasteiger partial charge on any atom is 0.144 e. The van der Waals surface area contributed by atoms with E-state index in [9.17, 15) is 0 Å². The van der Waals surface area contributed by atoms with E-state index in [4.69, 9.17) is 16.2 Å². The topological polar surface area (TPSA) is 74.2 Å². The molecular formula is C13H11N3OS. The fourth-order valence-corrected chi connectivity index (χ4v) is 2.41. The van der Waals surface area contributed by atoms with Crippen LogP contribution in [0.25, 0.3) is 10.1 Å². The zero-order chi connectivity index (χ0) is 12.5. The summed E-state index contributed by atoms with van der Waals surface area (Å²) in [5, 5.41) is 0.963. The molecule has 0 aliphatic heterocycles. The highest BCUT2D eigenvalue weighted by molar-refractivity contribution is 7.13. The monoisotopic (exact) mass is 257 g/mol. The Hall–Kier alpha value is -2.27. The van der Waals surface area contributed by atoms with Crippen molar-refractivity contribution in [2.45, 2.75) is 0 Å². The summed E-state index contributed by atoms with van der Waals surface area (Å²) in [6.07, 6.45) is 0. The summed E-state index contributed by atoms with van der Waals surface area (Å²) in [4.78, 5) is 0. The smallest absolute Gasteiger partial charge is 0.144 e. The van der Waals surface area contributed by atoms with Gasteiger partial charge in [-0.1, -0.05) is 0 Å². The molecule has 0 spiro atoms. The molecule has 0 fully saturated rings. The summed E-state index contributed by atoms with van der Waals surface area (Å²) in [6.45, 7) is 0. The molecule has 18 heavy (non-hydrogen) atoms. The summed E-state index contributed by atoms with van der Waals surface area (Å²) in [7, 11) is 0. The van der Waals surface area contributed by atoms with Gasteiger partial charge in [0.05, 0.1) is 4.70 Å². The largest absolute Gasteiger partial charge is 0.457 e. The van der Waals surface area contributed by atoms with Gasteiger partial charge in [0, 0.05) is 17.1 Å². The van der Waals surface area contributed by atoms with Crippen LogP contribution in [-0.2, 0) is 0 Å². The molecule has 0 radical (unpaired) electrons. The number of fused-ring (bicyclic) bond motifs is 1. The lowest BCUT2D eigenvalue weighted by Crippen LogP contribution is -1.87. The van der Waals surface area contributed by atoms with Gasteiger partial charge >= 0.3 is 0 Å². The van der Waals surface area contributed by atoms with E-state index in [0.29, 0.717) is 11.5 Å². The predicted octanol–water partition coefficient (Wildman–Crippen LogP) is 3.25. The van der Waals surface area contributed by atoms with Crippen LogP contribution in [0.3, 0.4) is 0 Å². The van der Waals surface area contributed by atoms with Crippen molar-refractivity contribution in [1.82, 2.24) is 4.37 Å². The number of rotatable bonds is 2. The molecule has 0 bridgehead atoms. The SMILES string of the molecule is Nc1ccc(Oc2ccc3c(N)nsc3c2)cc1. The molecule has 0 atom stereocenters. The van der Waals surface area contributed by atoms with Crippen molar-refractivity contribution in [1.29, 1.82) is 0 Å². The Morgan fingerprint density at radius 3 is 2.44 bits per heavy atom. The van der Waals surface area contributed by atoms with Gasteiger partial charge in [0.1, 0.15) is 17.3 Å². The van der Waals surface area contributed by atoms with Crippen LogP contribution in [0.15, 0.2) is 42.5 Å². The van der Waals surface area contributed by atoms with Crippen LogP contribution in [0.5, 0.6) is 11.5 Å². The lowest BCUT2D eigenvalue weighted by molar-refractivity contribution is 0.483. The van der Waals surface area contributed by atoms with Gasteiger partial charge in [-0.2, -0.15) is 4.37 Å². The number of hydrogen-bond acceptors (Lipinski definition) is 5. The molecule has 5 heteroatoms. The number of aromatic nitrogens is 1. The summed E-state index contributed by atoms with van der Waals surface area (Å²) < 4.78 is 10.9. The molecule has 0 aliphatic rings. The van der Waals surface area contributed by atoms with Gasteiger partial charge in [-0.05, 0) is 47.9 Å². The molecule has 1 aromatic heterocycles. The van der Waals surface area contributed by atoms with E-state index in [0.717, 1.165) is 21.6 Å². The fourth-order valence-electron chi connectivity index (χ4n) is 1.67. The molecule has 4 N–H and O–H groups in total. The first-order chi connectivity index (χ1) is 8.72. The number of nitrogens with two attached hydrogens (primary N) is 2. The van der Waals surface area contributed by atoms with Crippen molar-refractivity contribution in [3.63, 3.8) is 0 Å². The Balaban J connectivity index is 1.92. The van der Waals surface area contributed by atoms with Gasteiger partial charge in [0.25, 0.3) is 0 Å². The second-order valence-electron chi connectivity index (χ2n) is 3.90. The Bertz CT molecular complexity index is 691. The van der Waals surface area contributed by atoms with Crippen LogP contribution >= 0.6 is 11.5 Å². The first kappa shape index (κ1) is 10.9. The van der Waals surface area contributed by atoms with Crippen LogP contribution in [-0.4, -0.2) is 4.37 Å². The molecule has 3 rings (SSSR count). The molecular weight excluding hydrogens is 246 g/mol. The zero-order valence-corrected chi connectivity index (χ0v) is 10.3. The Morgan fingerprint density at radius 1 is 0.944 bits per heavy atom. The van der Waals surface area contributed by atoms with Crippen molar-refractivity contribution < 1.29 is 4.74 Å². The lowest BCUT2D eigenvalue weighted by Gasteiger charge is -2.05. The van der Waals surface area contributed by atoms with Crippen LogP contribution in [0.4, 0.5) is 11.5 Å². The average Bonchev–Trinajstić information content (AvgIpc) is 2.74. The molecule has 0 aliphatic carbocycles. The van der Waals surface area contributed by atoms with E-state index >= 15 is 0 Å². The zero-order valence-electron chi connectivity index (χ0n) is 9.46. The summed E-state index contributed by atoms with van der Waals surface area (Å²) in [5.74, 6) is 2.07. The van der Waals surface area contributed by atoms with E-state index in [2.05, 4.69) is 4.37 Å². The van der Waals surface area contributed by atoms with E-state index in [1.54, 1.807) is 12.1 Å². The fraction of sp³-hybridized carbons (Fsp3) is 0. The molecule has 90 valence electrons. The molecule has 2 aromatic carbocycles. The van der Waals surface area contributed by atoms with Crippen molar-refractivity contribution in [2.24, 2.45) is 0 Å². The minimum atomic E-state index is 0.564. The van der Waals surface area contributed by atoms with Crippen LogP contribution < -0.4 is 16.2 Å². The minimum Gasteiger partial charge on any atom is -0.457 e. The third-order valence-corrected chi connectivity index (χ3v) is 3.41. The van der Waals surface area contributed by atoms with E-state index in [-0.39, 0.29) is 0 Å². The molecule has 1 heterocycles. The van der Waals surface area contributed by atoms with Crippen molar-refractivity contribution in [2.75, 3.05) is 11.5 Å². The number of benzene rings is 2. The first-order valence-electron chi connectivity index (χ1n) is 5.41. The van der Waals surface area contributed by atoms with Crippen LogP contribution in [0.2, 0.25) is 0 Å². The average molecular weight is 257 g/mol. The third kappa shape index (κ3) is 1.96. The number of ether oxygens (including phenoxy) is 1. The van der Waals surface area contributed by atoms with E-state index in [1.807, 2.05) is 30.3 Å². The van der Waals surface area contributed by atoms with Crippen LogP contribution in [0, 0.1) is 0 Å². The summed E-state index contributed by atoms with van der Waals surface area (Å²) >= 11 is 1.37.